The van der Waals surface area contributed by atoms with Gasteiger partial charge in [-0.3, -0.25) is 4.79 Å². The van der Waals surface area contributed by atoms with E-state index in [2.05, 4.69) is 4.74 Å². The third-order valence-electron chi connectivity index (χ3n) is 4.00. The summed E-state index contributed by atoms with van der Waals surface area (Å²) in [6, 6.07) is 13.3. The van der Waals surface area contributed by atoms with E-state index in [9.17, 15) is 22.8 Å². The van der Waals surface area contributed by atoms with Gasteiger partial charge in [0.15, 0.2) is 5.43 Å². The van der Waals surface area contributed by atoms with Gasteiger partial charge in [0.2, 0.25) is 0 Å². The third kappa shape index (κ3) is 4.33. The lowest BCUT2D eigenvalue weighted by molar-refractivity contribution is -0.274. The Morgan fingerprint density at radius 3 is 2.39 bits per heavy atom. The minimum atomic E-state index is -4.77. The van der Waals surface area contributed by atoms with Gasteiger partial charge in [0.25, 0.3) is 0 Å². The lowest BCUT2D eigenvalue weighted by Crippen LogP contribution is -2.20. The largest absolute Gasteiger partial charge is 0.573 e. The summed E-state index contributed by atoms with van der Waals surface area (Å²) in [5.74, 6) is -0.992. The Kier molecular flexibility index (Phi) is 5.39. The molecule has 3 aromatic rings. The molecule has 1 aromatic heterocycles. The van der Waals surface area contributed by atoms with E-state index in [0.717, 1.165) is 0 Å². The molecule has 0 spiro atoms. The van der Waals surface area contributed by atoms with Crippen molar-refractivity contribution >= 4 is 16.9 Å². The zero-order valence-corrected chi connectivity index (χ0v) is 14.8. The number of pyridine rings is 1. The molecular formula is C20H16F3NO4. The van der Waals surface area contributed by atoms with E-state index >= 15 is 0 Å². The van der Waals surface area contributed by atoms with Crippen molar-refractivity contribution in [1.82, 2.24) is 4.57 Å². The predicted octanol–water partition coefficient (Wildman–Crippen LogP) is 4.13. The summed E-state index contributed by atoms with van der Waals surface area (Å²) in [7, 11) is 0. The molecule has 0 unspecified atom stereocenters. The molecule has 2 aromatic carbocycles. The van der Waals surface area contributed by atoms with Gasteiger partial charge >= 0.3 is 12.3 Å². The minimum absolute atomic E-state index is 0.0705. The number of hydrogen-bond acceptors (Lipinski definition) is 4. The fraction of sp³-hybridized carbons (Fsp3) is 0.200. The number of rotatable bonds is 5. The van der Waals surface area contributed by atoms with Crippen molar-refractivity contribution in [3.05, 3.63) is 76.1 Å². The summed E-state index contributed by atoms with van der Waals surface area (Å²) in [4.78, 5) is 24.7. The average molecular weight is 391 g/mol. The number of hydrogen-bond donors (Lipinski definition) is 0. The number of fused-ring (bicyclic) bond motifs is 1. The van der Waals surface area contributed by atoms with Crippen LogP contribution in [0.15, 0.2) is 59.4 Å². The van der Waals surface area contributed by atoms with Gasteiger partial charge in [0, 0.05) is 18.0 Å². The molecule has 28 heavy (non-hydrogen) atoms. The molecule has 0 amide bonds. The highest BCUT2D eigenvalue weighted by Crippen LogP contribution is 2.23. The van der Waals surface area contributed by atoms with E-state index in [1.807, 2.05) is 0 Å². The van der Waals surface area contributed by atoms with Gasteiger partial charge in [-0.2, -0.15) is 0 Å². The number of carbonyl (C=O) groups excluding carboxylic acids is 1. The summed E-state index contributed by atoms with van der Waals surface area (Å²) in [6.07, 6.45) is -4.77. The molecule has 0 bridgehead atoms. The smallest absolute Gasteiger partial charge is 0.461 e. The summed E-state index contributed by atoms with van der Waals surface area (Å²) in [5.41, 5.74) is 0.896. The zero-order chi connectivity index (χ0) is 20.3. The highest BCUT2D eigenvalue weighted by molar-refractivity contribution is 5.91. The van der Waals surface area contributed by atoms with Crippen LogP contribution in [0, 0.1) is 0 Å². The molecule has 8 heteroatoms. The number of carbonyl (C=O) groups is 1. The van der Waals surface area contributed by atoms with E-state index in [4.69, 9.17) is 4.74 Å². The molecule has 0 N–H and O–H groups in total. The lowest BCUT2D eigenvalue weighted by Gasteiger charge is -2.16. The van der Waals surface area contributed by atoms with Gasteiger partial charge < -0.3 is 14.0 Å². The first-order chi connectivity index (χ1) is 13.3. The first-order valence-electron chi connectivity index (χ1n) is 8.43. The van der Waals surface area contributed by atoms with Crippen molar-refractivity contribution in [3.8, 4) is 5.75 Å². The van der Waals surface area contributed by atoms with E-state index in [1.54, 1.807) is 35.8 Å². The van der Waals surface area contributed by atoms with Crippen molar-refractivity contribution in [3.63, 3.8) is 0 Å². The second-order valence-corrected chi connectivity index (χ2v) is 5.91. The maximum atomic E-state index is 12.3. The van der Waals surface area contributed by atoms with Gasteiger partial charge in [-0.15, -0.1) is 13.2 Å². The molecule has 1 heterocycles. The number of alkyl halides is 3. The highest BCUT2D eigenvalue weighted by Gasteiger charge is 2.31. The zero-order valence-electron chi connectivity index (χ0n) is 14.8. The Balaban J connectivity index is 2.04. The lowest BCUT2D eigenvalue weighted by atomic mass is 10.1. The number of aromatic nitrogens is 1. The third-order valence-corrected chi connectivity index (χ3v) is 4.00. The fourth-order valence-electron chi connectivity index (χ4n) is 2.85. The van der Waals surface area contributed by atoms with Crippen LogP contribution in [-0.2, 0) is 11.3 Å². The van der Waals surface area contributed by atoms with Gasteiger partial charge in [-0.1, -0.05) is 24.3 Å². The number of esters is 1. The molecule has 0 saturated carbocycles. The van der Waals surface area contributed by atoms with E-state index in [1.165, 1.54) is 30.3 Å². The number of para-hydroxylation sites is 1. The molecule has 0 radical (unpaired) electrons. The first-order valence-corrected chi connectivity index (χ1v) is 8.43. The van der Waals surface area contributed by atoms with Crippen LogP contribution in [0.5, 0.6) is 5.75 Å². The molecule has 0 fully saturated rings. The summed E-state index contributed by atoms with van der Waals surface area (Å²) in [5, 5.41) is 0.424. The van der Waals surface area contributed by atoms with Gasteiger partial charge in [0.1, 0.15) is 11.4 Å². The Labute approximate surface area is 157 Å². The van der Waals surface area contributed by atoms with Crippen molar-refractivity contribution in [1.29, 1.82) is 0 Å². The Morgan fingerprint density at radius 2 is 1.75 bits per heavy atom. The summed E-state index contributed by atoms with van der Waals surface area (Å²) < 4.78 is 47.4. The van der Waals surface area contributed by atoms with Crippen LogP contribution in [0.4, 0.5) is 13.2 Å². The summed E-state index contributed by atoms with van der Waals surface area (Å²) in [6.45, 7) is 1.95. The van der Waals surface area contributed by atoms with Crippen molar-refractivity contribution < 1.29 is 27.4 Å². The standard InChI is InChI=1S/C20H16F3NO4/c1-2-27-19(26)17-11-18(25)15-5-3-4-6-16(15)24(17)12-13-7-9-14(10-8-13)28-20(21,22)23/h3-11H,2,12H2,1H3. The molecule has 146 valence electrons. The van der Waals surface area contributed by atoms with Crippen LogP contribution in [0.3, 0.4) is 0 Å². The van der Waals surface area contributed by atoms with Gasteiger partial charge in [-0.05, 0) is 36.8 Å². The molecule has 3 rings (SSSR count). The minimum Gasteiger partial charge on any atom is -0.461 e. The fourth-order valence-corrected chi connectivity index (χ4v) is 2.85. The molecule has 5 nitrogen and oxygen atoms in total. The summed E-state index contributed by atoms with van der Waals surface area (Å²) >= 11 is 0. The van der Waals surface area contributed by atoms with Gasteiger partial charge in [-0.25, -0.2) is 4.79 Å². The van der Waals surface area contributed by atoms with Crippen LogP contribution in [0.2, 0.25) is 0 Å². The predicted molar refractivity (Wildman–Crippen MR) is 96.4 cm³/mol. The van der Waals surface area contributed by atoms with Crippen molar-refractivity contribution in [2.75, 3.05) is 6.61 Å². The maximum Gasteiger partial charge on any atom is 0.573 e. The molecule has 0 atom stereocenters. The van der Waals surface area contributed by atoms with E-state index in [0.29, 0.717) is 16.5 Å². The van der Waals surface area contributed by atoms with Crippen LogP contribution in [0.1, 0.15) is 23.0 Å². The SMILES string of the molecule is CCOC(=O)c1cc(=O)c2ccccc2n1Cc1ccc(OC(F)(F)F)cc1. The monoisotopic (exact) mass is 391 g/mol. The molecule has 0 saturated heterocycles. The van der Waals surface area contributed by atoms with Crippen LogP contribution >= 0.6 is 0 Å². The van der Waals surface area contributed by atoms with E-state index < -0.39 is 12.3 Å². The second-order valence-electron chi connectivity index (χ2n) is 5.91. The number of ether oxygens (including phenoxy) is 2. The second kappa shape index (κ2) is 7.75. The maximum absolute atomic E-state index is 12.3. The quantitative estimate of drug-likeness (QED) is 0.614. The molecular weight excluding hydrogens is 375 g/mol. The number of benzene rings is 2. The molecule has 0 aliphatic heterocycles. The normalized spacial score (nSPS) is 11.4. The van der Waals surface area contributed by atoms with Gasteiger partial charge in [0.05, 0.1) is 12.1 Å². The first kappa shape index (κ1) is 19.5. The molecule has 0 aliphatic carbocycles. The Bertz CT molecular complexity index is 1060. The topological polar surface area (TPSA) is 57.5 Å². The number of nitrogens with zero attached hydrogens (tertiary/aromatic N) is 1. The van der Waals surface area contributed by atoms with Crippen LogP contribution in [0.25, 0.3) is 10.9 Å². The Hall–Kier alpha value is -3.29. The van der Waals surface area contributed by atoms with Crippen LogP contribution < -0.4 is 10.2 Å². The average Bonchev–Trinajstić information content (AvgIpc) is 2.64. The Morgan fingerprint density at radius 1 is 1.07 bits per heavy atom. The van der Waals surface area contributed by atoms with Crippen molar-refractivity contribution in [2.24, 2.45) is 0 Å². The van der Waals surface area contributed by atoms with Crippen LogP contribution in [-0.4, -0.2) is 23.5 Å². The van der Waals surface area contributed by atoms with E-state index in [-0.39, 0.29) is 30.0 Å². The van der Waals surface area contributed by atoms with Crippen molar-refractivity contribution in [2.45, 2.75) is 19.8 Å². The molecule has 0 aliphatic rings. The number of halogens is 3. The highest BCUT2D eigenvalue weighted by atomic mass is 19.4.